The van der Waals surface area contributed by atoms with E-state index >= 15 is 0 Å². The molecule has 0 radical (unpaired) electrons. The van der Waals surface area contributed by atoms with Crippen molar-refractivity contribution in [1.82, 2.24) is 18.9 Å². The number of carbonyl (C=O) groups excluding carboxylic acids is 2. The second kappa shape index (κ2) is 14.7. The van der Waals surface area contributed by atoms with Crippen molar-refractivity contribution in [3.63, 3.8) is 0 Å². The number of sulfonamides is 2. The minimum atomic E-state index is -4.45. The first-order chi connectivity index (χ1) is 25.0. The van der Waals surface area contributed by atoms with Gasteiger partial charge in [0.15, 0.2) is 0 Å². The van der Waals surface area contributed by atoms with Crippen LogP contribution in [0, 0.1) is 0 Å². The lowest BCUT2D eigenvalue weighted by Gasteiger charge is -2.34. The molecule has 0 unspecified atom stereocenters. The molecule has 3 aromatic rings. The quantitative estimate of drug-likeness (QED) is 0.304. The average Bonchev–Trinajstić information content (AvgIpc) is 3.40. The second-order valence-corrected chi connectivity index (χ2v) is 18.7. The summed E-state index contributed by atoms with van der Waals surface area (Å²) in [6.07, 6.45) is -2.33. The molecule has 290 valence electrons. The summed E-state index contributed by atoms with van der Waals surface area (Å²) in [7, 11) is -7.99. The van der Waals surface area contributed by atoms with Crippen molar-refractivity contribution in [2.24, 2.45) is 0 Å². The Hall–Kier alpha value is -4.41. The Bertz CT molecular complexity index is 2210. The Kier molecular flexibility index (Phi) is 11.1. The number of aromatic nitrogens is 1. The number of halogens is 4. The maximum absolute atomic E-state index is 13.5. The van der Waals surface area contributed by atoms with Gasteiger partial charge in [-0.25, -0.2) is 30.4 Å². The molecule has 0 saturated carbocycles. The SMILES string of the molecule is CC(C)(C)N1C(=O)C(Cl)=C(c2ccccc2)S1(=O)=O.CC(C)(C)N1C(=O)C(NC2CCN(c3cc(C(F)(F)F)ccn3)CC2)=C(c2ccccc2)S1(=O)=O. The van der Waals surface area contributed by atoms with E-state index in [2.05, 4.69) is 10.3 Å². The smallest absolute Gasteiger partial charge is 0.377 e. The third kappa shape index (κ3) is 8.01. The number of piperidine rings is 1. The Morgan fingerprint density at radius 3 is 1.65 bits per heavy atom. The van der Waals surface area contributed by atoms with Crippen molar-refractivity contribution in [2.75, 3.05) is 18.0 Å². The molecule has 1 N–H and O–H groups in total. The van der Waals surface area contributed by atoms with E-state index in [1.807, 2.05) is 0 Å². The van der Waals surface area contributed by atoms with Crippen molar-refractivity contribution in [3.05, 3.63) is 106 Å². The monoisotopic (exact) mass is 807 g/mol. The normalized spacial score (nSPS) is 19.3. The molecule has 1 saturated heterocycles. The Morgan fingerprint density at radius 1 is 0.722 bits per heavy atom. The molecule has 54 heavy (non-hydrogen) atoms. The number of hydrogen-bond donors (Lipinski definition) is 1. The van der Waals surface area contributed by atoms with Gasteiger partial charge in [-0.3, -0.25) is 9.59 Å². The van der Waals surface area contributed by atoms with Crippen LogP contribution >= 0.6 is 11.6 Å². The first-order valence-electron chi connectivity index (χ1n) is 17.0. The number of hydrogen-bond acceptors (Lipinski definition) is 9. The number of carbonyl (C=O) groups is 2. The summed E-state index contributed by atoms with van der Waals surface area (Å²) in [5.41, 5.74) is -1.70. The Labute approximate surface area is 318 Å². The second-order valence-electron chi connectivity index (χ2n) is 14.9. The zero-order valence-corrected chi connectivity index (χ0v) is 32.9. The highest BCUT2D eigenvalue weighted by Crippen LogP contribution is 2.42. The molecule has 0 atom stereocenters. The van der Waals surface area contributed by atoms with Gasteiger partial charge in [-0.2, -0.15) is 13.2 Å². The van der Waals surface area contributed by atoms with Crippen LogP contribution in [0.4, 0.5) is 19.0 Å². The summed E-state index contributed by atoms with van der Waals surface area (Å²) < 4.78 is 92.9. The minimum absolute atomic E-state index is 0.0294. The van der Waals surface area contributed by atoms with Gasteiger partial charge >= 0.3 is 6.18 Å². The first-order valence-corrected chi connectivity index (χ1v) is 20.2. The van der Waals surface area contributed by atoms with Crippen LogP contribution in [0.3, 0.4) is 0 Å². The van der Waals surface area contributed by atoms with Crippen LogP contribution < -0.4 is 10.2 Å². The highest BCUT2D eigenvalue weighted by atomic mass is 35.5. The molecule has 0 aliphatic carbocycles. The van der Waals surface area contributed by atoms with Crippen LogP contribution in [0.2, 0.25) is 0 Å². The van der Waals surface area contributed by atoms with E-state index in [1.54, 1.807) is 107 Å². The van der Waals surface area contributed by atoms with Gasteiger partial charge in [0, 0.05) is 25.3 Å². The fourth-order valence-corrected chi connectivity index (χ4v) is 11.0. The molecule has 0 spiro atoms. The van der Waals surface area contributed by atoms with E-state index in [9.17, 15) is 39.6 Å². The maximum atomic E-state index is 13.5. The van der Waals surface area contributed by atoms with Gasteiger partial charge in [-0.1, -0.05) is 72.3 Å². The predicted octanol–water partition coefficient (Wildman–Crippen LogP) is 6.56. The van der Waals surface area contributed by atoms with Crippen LogP contribution in [0.25, 0.3) is 9.81 Å². The summed E-state index contributed by atoms with van der Waals surface area (Å²) >= 11 is 5.96. The van der Waals surface area contributed by atoms with Gasteiger partial charge in [-0.15, -0.1) is 0 Å². The van der Waals surface area contributed by atoms with Gasteiger partial charge in [0.1, 0.15) is 26.4 Å². The number of nitrogens with one attached hydrogen (secondary N) is 1. The Morgan fingerprint density at radius 2 is 1.19 bits per heavy atom. The van der Waals surface area contributed by atoms with E-state index in [4.69, 9.17) is 11.6 Å². The topological polar surface area (TPSA) is 137 Å². The fourth-order valence-electron chi connectivity index (χ4n) is 6.46. The summed E-state index contributed by atoms with van der Waals surface area (Å²) in [5.74, 6) is -1.05. The highest BCUT2D eigenvalue weighted by molar-refractivity contribution is 8.00. The number of alkyl halides is 3. The van der Waals surface area contributed by atoms with Gasteiger partial charge in [0.2, 0.25) is 0 Å². The standard InChI is InChI=1S/C24H27F3N4O3S.C13H14ClNO3S/c1-23(2,3)31-22(32)20(21(35(31,33)34)16-7-5-4-6-8-16)29-18-10-13-30(14-11-18)19-15-17(9-12-28-19)24(25,26)27;1-13(2,3)15-12(16)10(14)11(19(15,17)18)9-7-5-4-6-8-9/h4-9,12,15,18,29H,10-11,13-14H2,1-3H3;4-8H,1-3H3. The summed E-state index contributed by atoms with van der Waals surface area (Å²) in [6, 6.07) is 18.6. The average molecular weight is 808 g/mol. The van der Waals surface area contributed by atoms with Crippen molar-refractivity contribution >= 4 is 59.1 Å². The number of nitrogens with zero attached hydrogens (tertiary/aromatic N) is 4. The van der Waals surface area contributed by atoms with Crippen LogP contribution in [0.1, 0.15) is 71.1 Å². The van der Waals surface area contributed by atoms with Crippen molar-refractivity contribution < 1.29 is 39.6 Å². The summed E-state index contributed by atoms with van der Waals surface area (Å²) in [5, 5.41) is 2.91. The molecule has 6 rings (SSSR count). The molecular weight excluding hydrogens is 767 g/mol. The van der Waals surface area contributed by atoms with Crippen molar-refractivity contribution in [2.45, 2.75) is 77.7 Å². The first kappa shape index (κ1) is 40.8. The largest absolute Gasteiger partial charge is 0.416 e. The van der Waals surface area contributed by atoms with Crippen LogP contribution in [0.5, 0.6) is 0 Å². The van der Waals surface area contributed by atoms with Gasteiger partial charge < -0.3 is 10.2 Å². The lowest BCUT2D eigenvalue weighted by Crippen LogP contribution is -2.48. The number of benzene rings is 2. The molecular formula is C37H41ClF3N5O6S2. The predicted molar refractivity (Wildman–Crippen MR) is 201 cm³/mol. The molecule has 3 aliphatic rings. The number of amides is 2. The molecule has 0 bridgehead atoms. The molecule has 3 aliphatic heterocycles. The summed E-state index contributed by atoms with van der Waals surface area (Å²) in [4.78, 5) is 31.1. The van der Waals surface area contributed by atoms with Gasteiger partial charge in [-0.05, 0) is 77.6 Å². The van der Waals surface area contributed by atoms with E-state index in [-0.39, 0.29) is 32.4 Å². The fraction of sp³-hybridized carbons (Fsp3) is 0.378. The molecule has 4 heterocycles. The molecule has 2 amide bonds. The highest BCUT2D eigenvalue weighted by Gasteiger charge is 2.50. The van der Waals surface area contributed by atoms with Gasteiger partial charge in [0.25, 0.3) is 31.9 Å². The van der Waals surface area contributed by atoms with E-state index in [0.717, 1.165) is 26.9 Å². The Balaban J connectivity index is 0.000000249. The number of rotatable bonds is 5. The number of pyridine rings is 1. The number of anilines is 1. The lowest BCUT2D eigenvalue weighted by molar-refractivity contribution is -0.137. The summed E-state index contributed by atoms with van der Waals surface area (Å²) in [6.45, 7) is 10.8. The van der Waals surface area contributed by atoms with Crippen LogP contribution in [0.15, 0.2) is 89.7 Å². The zero-order valence-electron chi connectivity index (χ0n) is 30.5. The molecule has 1 aromatic heterocycles. The van der Waals surface area contributed by atoms with Gasteiger partial charge in [0.05, 0.1) is 16.6 Å². The van der Waals surface area contributed by atoms with E-state index < -0.39 is 54.7 Å². The van der Waals surface area contributed by atoms with Crippen LogP contribution in [-0.4, -0.2) is 72.5 Å². The lowest BCUT2D eigenvalue weighted by atomic mass is 10.0. The third-order valence-corrected chi connectivity index (χ3v) is 13.5. The molecule has 2 aromatic carbocycles. The zero-order chi connectivity index (χ0) is 40.0. The van der Waals surface area contributed by atoms with Crippen molar-refractivity contribution in [3.8, 4) is 0 Å². The third-order valence-electron chi connectivity index (χ3n) is 8.72. The molecule has 17 heteroatoms. The van der Waals surface area contributed by atoms with E-state index in [0.29, 0.717) is 37.1 Å². The van der Waals surface area contributed by atoms with Crippen LogP contribution in [-0.2, 0) is 35.8 Å². The van der Waals surface area contributed by atoms with E-state index in [1.165, 1.54) is 0 Å². The molecule has 11 nitrogen and oxygen atoms in total. The van der Waals surface area contributed by atoms with Crippen molar-refractivity contribution in [1.29, 1.82) is 0 Å². The molecule has 1 fully saturated rings. The minimum Gasteiger partial charge on any atom is -0.377 e. The maximum Gasteiger partial charge on any atom is 0.416 e.